The van der Waals surface area contributed by atoms with Gasteiger partial charge in [0.2, 0.25) is 0 Å². The molecule has 4 N–H and O–H groups in total. The summed E-state index contributed by atoms with van der Waals surface area (Å²) < 4.78 is 10.5. The Balaban J connectivity index is 2.30. The summed E-state index contributed by atoms with van der Waals surface area (Å²) in [6.45, 7) is 1.60. The highest BCUT2D eigenvalue weighted by Gasteiger charge is 2.20. The van der Waals surface area contributed by atoms with Gasteiger partial charge in [0, 0.05) is 13.2 Å². The van der Waals surface area contributed by atoms with Crippen molar-refractivity contribution in [3.8, 4) is 5.75 Å². The monoisotopic (exact) mass is 222 g/mol. The molecule has 1 aromatic rings. The molecule has 0 radical (unpaired) electrons. The molecule has 4 heteroatoms. The molecule has 4 nitrogen and oxygen atoms in total. The smallest absolute Gasteiger partial charge is 0.143 e. The first-order valence-corrected chi connectivity index (χ1v) is 5.53. The van der Waals surface area contributed by atoms with Gasteiger partial charge in [-0.3, -0.25) is 0 Å². The Hall–Kier alpha value is -1.42. The first-order valence-electron chi connectivity index (χ1n) is 5.53. The van der Waals surface area contributed by atoms with Gasteiger partial charge < -0.3 is 20.9 Å². The molecule has 0 spiro atoms. The molecule has 0 amide bonds. The second kappa shape index (κ2) is 4.61. The van der Waals surface area contributed by atoms with Crippen LogP contribution in [0.1, 0.15) is 24.3 Å². The Bertz CT molecular complexity index is 374. The van der Waals surface area contributed by atoms with E-state index in [1.54, 1.807) is 7.11 Å². The minimum absolute atomic E-state index is 0.460. The number of hydrogen-bond acceptors (Lipinski definition) is 4. The fourth-order valence-corrected chi connectivity index (χ4v) is 2.18. The number of nitrogens with two attached hydrogens (primary N) is 2. The molecule has 0 saturated carbocycles. The van der Waals surface area contributed by atoms with Crippen LogP contribution >= 0.6 is 0 Å². The van der Waals surface area contributed by atoms with E-state index in [9.17, 15) is 0 Å². The summed E-state index contributed by atoms with van der Waals surface area (Å²) in [6, 6.07) is 3.90. The van der Waals surface area contributed by atoms with E-state index in [2.05, 4.69) is 0 Å². The summed E-state index contributed by atoms with van der Waals surface area (Å²) >= 11 is 0. The van der Waals surface area contributed by atoms with Gasteiger partial charge in [-0.1, -0.05) is 6.07 Å². The average Bonchev–Trinajstić information content (AvgIpc) is 2.34. The molecular weight excluding hydrogens is 204 g/mol. The minimum Gasteiger partial charge on any atom is -0.495 e. The van der Waals surface area contributed by atoms with Crippen molar-refractivity contribution in [1.82, 2.24) is 0 Å². The van der Waals surface area contributed by atoms with E-state index in [0.717, 1.165) is 31.6 Å². The minimum atomic E-state index is 0.460. The Labute approximate surface area is 95.5 Å². The van der Waals surface area contributed by atoms with Crippen LogP contribution < -0.4 is 16.2 Å². The molecule has 0 bridgehead atoms. The highest BCUT2D eigenvalue weighted by atomic mass is 16.5. The Kier molecular flexibility index (Phi) is 3.19. The van der Waals surface area contributed by atoms with Gasteiger partial charge in [-0.15, -0.1) is 0 Å². The van der Waals surface area contributed by atoms with Crippen molar-refractivity contribution >= 4 is 11.4 Å². The molecule has 1 saturated heterocycles. The van der Waals surface area contributed by atoms with Crippen LogP contribution in [0.4, 0.5) is 11.4 Å². The van der Waals surface area contributed by atoms with Crippen molar-refractivity contribution in [1.29, 1.82) is 0 Å². The number of rotatable bonds is 2. The largest absolute Gasteiger partial charge is 0.495 e. The van der Waals surface area contributed by atoms with E-state index in [1.807, 2.05) is 12.1 Å². The zero-order valence-electron chi connectivity index (χ0n) is 9.53. The third-order valence-electron chi connectivity index (χ3n) is 3.16. The first-order chi connectivity index (χ1) is 7.74. The molecule has 2 rings (SSSR count). The number of anilines is 2. The number of hydrogen-bond donors (Lipinski definition) is 2. The lowest BCUT2D eigenvalue weighted by Crippen LogP contribution is -2.16. The molecule has 0 atom stereocenters. The van der Waals surface area contributed by atoms with Crippen LogP contribution in [-0.2, 0) is 4.74 Å². The standard InChI is InChI=1S/C12H18N2O2/c1-15-10-3-2-9(11(13)12(10)14)8-4-6-16-7-5-8/h2-3,8H,4-7,13-14H2,1H3. The molecule has 1 aliphatic heterocycles. The molecule has 16 heavy (non-hydrogen) atoms. The van der Waals surface area contributed by atoms with Gasteiger partial charge in [0.05, 0.1) is 18.5 Å². The third kappa shape index (κ3) is 1.93. The van der Waals surface area contributed by atoms with E-state index >= 15 is 0 Å². The summed E-state index contributed by atoms with van der Waals surface area (Å²) in [4.78, 5) is 0. The number of ether oxygens (including phenoxy) is 2. The third-order valence-corrected chi connectivity index (χ3v) is 3.16. The molecule has 0 aliphatic carbocycles. The molecular formula is C12H18N2O2. The molecule has 0 unspecified atom stereocenters. The summed E-state index contributed by atoms with van der Waals surface area (Å²) in [6.07, 6.45) is 2.02. The predicted octanol–water partition coefficient (Wildman–Crippen LogP) is 1.75. The second-order valence-electron chi connectivity index (χ2n) is 4.07. The van der Waals surface area contributed by atoms with E-state index in [-0.39, 0.29) is 0 Å². The van der Waals surface area contributed by atoms with Crippen molar-refractivity contribution in [3.05, 3.63) is 17.7 Å². The summed E-state index contributed by atoms with van der Waals surface area (Å²) in [5, 5.41) is 0. The topological polar surface area (TPSA) is 70.5 Å². The summed E-state index contributed by atoms with van der Waals surface area (Å²) in [7, 11) is 1.60. The first kappa shape index (κ1) is 11.1. The average molecular weight is 222 g/mol. The zero-order valence-corrected chi connectivity index (χ0v) is 9.53. The van der Waals surface area contributed by atoms with Crippen LogP contribution in [0.15, 0.2) is 12.1 Å². The van der Waals surface area contributed by atoms with Crippen LogP contribution in [-0.4, -0.2) is 20.3 Å². The fraction of sp³-hybridized carbons (Fsp3) is 0.500. The fourth-order valence-electron chi connectivity index (χ4n) is 2.18. The second-order valence-corrected chi connectivity index (χ2v) is 4.07. The highest BCUT2D eigenvalue weighted by Crippen LogP contribution is 2.37. The van der Waals surface area contributed by atoms with E-state index < -0.39 is 0 Å². The SMILES string of the molecule is COc1ccc(C2CCOCC2)c(N)c1N. The molecule has 1 aromatic carbocycles. The quantitative estimate of drug-likeness (QED) is 0.748. The summed E-state index contributed by atoms with van der Waals surface area (Å²) in [5.41, 5.74) is 14.3. The number of benzene rings is 1. The number of nitrogen functional groups attached to an aromatic ring is 2. The molecule has 0 aromatic heterocycles. The van der Waals surface area contributed by atoms with Gasteiger partial charge in [-0.05, 0) is 30.4 Å². The van der Waals surface area contributed by atoms with Gasteiger partial charge in [0.1, 0.15) is 5.75 Å². The maximum absolute atomic E-state index is 6.04. The van der Waals surface area contributed by atoms with E-state index in [1.165, 1.54) is 0 Å². The predicted molar refractivity (Wildman–Crippen MR) is 64.6 cm³/mol. The van der Waals surface area contributed by atoms with Crippen LogP contribution in [0.3, 0.4) is 0 Å². The Morgan fingerprint density at radius 2 is 1.88 bits per heavy atom. The van der Waals surface area contributed by atoms with Crippen LogP contribution in [0.2, 0.25) is 0 Å². The van der Waals surface area contributed by atoms with Gasteiger partial charge in [0.25, 0.3) is 0 Å². The van der Waals surface area contributed by atoms with Crippen molar-refractivity contribution in [2.24, 2.45) is 0 Å². The normalized spacial score (nSPS) is 17.3. The van der Waals surface area contributed by atoms with Gasteiger partial charge in [0.15, 0.2) is 0 Å². The molecule has 88 valence electrons. The lowest BCUT2D eigenvalue weighted by molar-refractivity contribution is 0.0855. The van der Waals surface area contributed by atoms with Gasteiger partial charge in [-0.2, -0.15) is 0 Å². The molecule has 1 heterocycles. The number of methoxy groups -OCH3 is 1. The van der Waals surface area contributed by atoms with Crippen molar-refractivity contribution < 1.29 is 9.47 Å². The molecule has 1 aliphatic rings. The highest BCUT2D eigenvalue weighted by molar-refractivity contribution is 5.74. The zero-order chi connectivity index (χ0) is 11.5. The van der Waals surface area contributed by atoms with Gasteiger partial charge in [-0.25, -0.2) is 0 Å². The lowest BCUT2D eigenvalue weighted by atomic mass is 9.90. The van der Waals surface area contributed by atoms with Gasteiger partial charge >= 0.3 is 0 Å². The van der Waals surface area contributed by atoms with E-state index in [0.29, 0.717) is 23.0 Å². The lowest BCUT2D eigenvalue weighted by Gasteiger charge is -2.24. The van der Waals surface area contributed by atoms with Crippen LogP contribution in [0.25, 0.3) is 0 Å². The van der Waals surface area contributed by atoms with E-state index in [4.69, 9.17) is 20.9 Å². The van der Waals surface area contributed by atoms with Crippen molar-refractivity contribution in [2.75, 3.05) is 31.8 Å². The van der Waals surface area contributed by atoms with Crippen molar-refractivity contribution in [2.45, 2.75) is 18.8 Å². The maximum Gasteiger partial charge on any atom is 0.143 e. The Morgan fingerprint density at radius 1 is 1.19 bits per heavy atom. The Morgan fingerprint density at radius 3 is 2.50 bits per heavy atom. The summed E-state index contributed by atoms with van der Waals surface area (Å²) in [5.74, 6) is 1.11. The van der Waals surface area contributed by atoms with Crippen LogP contribution in [0, 0.1) is 0 Å². The van der Waals surface area contributed by atoms with Crippen LogP contribution in [0.5, 0.6) is 5.75 Å². The van der Waals surface area contributed by atoms with Crippen molar-refractivity contribution in [3.63, 3.8) is 0 Å². The molecule has 1 fully saturated rings. The maximum atomic E-state index is 6.04.